The molecule has 80 valence electrons. The van der Waals surface area contributed by atoms with E-state index in [0.29, 0.717) is 0 Å². The quantitative estimate of drug-likeness (QED) is 0.538. The minimum absolute atomic E-state index is 0.874. The van der Waals surface area contributed by atoms with Crippen molar-refractivity contribution in [2.75, 3.05) is 26.2 Å². The van der Waals surface area contributed by atoms with Crippen LogP contribution in [0.1, 0.15) is 40.0 Å². The Labute approximate surface area is 83.5 Å². The van der Waals surface area contributed by atoms with Crippen molar-refractivity contribution in [3.63, 3.8) is 0 Å². The van der Waals surface area contributed by atoms with Gasteiger partial charge < -0.3 is 10.6 Å². The maximum atomic E-state index is 3.51. The zero-order valence-electron chi connectivity index (χ0n) is 9.53. The lowest BCUT2D eigenvalue weighted by atomic mass is 10.0. The van der Waals surface area contributed by atoms with Gasteiger partial charge in [0.25, 0.3) is 0 Å². The van der Waals surface area contributed by atoms with Crippen molar-refractivity contribution < 1.29 is 0 Å². The summed E-state index contributed by atoms with van der Waals surface area (Å²) in [5.41, 5.74) is 0. The second-order valence-electron chi connectivity index (χ2n) is 3.59. The Hall–Kier alpha value is -0.0800. The van der Waals surface area contributed by atoms with Gasteiger partial charge in [-0.25, -0.2) is 0 Å². The molecule has 0 atom stereocenters. The van der Waals surface area contributed by atoms with Gasteiger partial charge in [0.15, 0.2) is 0 Å². The Morgan fingerprint density at radius 3 is 2.08 bits per heavy atom. The first kappa shape index (κ1) is 12.9. The van der Waals surface area contributed by atoms with Gasteiger partial charge in [-0.05, 0) is 38.5 Å². The summed E-state index contributed by atoms with van der Waals surface area (Å²) in [5.74, 6) is 0.874. The Morgan fingerprint density at radius 2 is 1.54 bits per heavy atom. The van der Waals surface area contributed by atoms with E-state index < -0.39 is 0 Å². The fourth-order valence-electron chi connectivity index (χ4n) is 1.40. The van der Waals surface area contributed by atoms with Crippen molar-refractivity contribution in [1.29, 1.82) is 0 Å². The maximum Gasteiger partial charge on any atom is -0.00207 e. The predicted molar refractivity (Wildman–Crippen MR) is 60.1 cm³/mol. The Balaban J connectivity index is 3.05. The minimum Gasteiger partial charge on any atom is -0.317 e. The fourth-order valence-corrected chi connectivity index (χ4v) is 1.40. The first-order chi connectivity index (χ1) is 6.35. The van der Waals surface area contributed by atoms with Crippen LogP contribution >= 0.6 is 0 Å². The van der Waals surface area contributed by atoms with Crippen LogP contribution in [0, 0.1) is 5.92 Å². The molecule has 0 heterocycles. The van der Waals surface area contributed by atoms with Crippen LogP contribution in [0.4, 0.5) is 0 Å². The maximum absolute atomic E-state index is 3.51. The average molecular weight is 186 g/mol. The monoisotopic (exact) mass is 186 g/mol. The topological polar surface area (TPSA) is 24.1 Å². The summed E-state index contributed by atoms with van der Waals surface area (Å²) in [6.45, 7) is 11.3. The van der Waals surface area contributed by atoms with E-state index >= 15 is 0 Å². The van der Waals surface area contributed by atoms with E-state index in [-0.39, 0.29) is 0 Å². The molecule has 0 rings (SSSR count). The lowest BCUT2D eigenvalue weighted by Gasteiger charge is -2.12. The molecular weight excluding hydrogens is 160 g/mol. The highest BCUT2D eigenvalue weighted by molar-refractivity contribution is 4.58. The third-order valence-electron chi connectivity index (χ3n) is 2.54. The van der Waals surface area contributed by atoms with Crippen molar-refractivity contribution in [3.8, 4) is 0 Å². The van der Waals surface area contributed by atoms with Gasteiger partial charge in [-0.3, -0.25) is 0 Å². The predicted octanol–water partition coefficient (Wildman–Crippen LogP) is 2.01. The number of hydrogen-bond acceptors (Lipinski definition) is 2. The van der Waals surface area contributed by atoms with Gasteiger partial charge >= 0.3 is 0 Å². The molecule has 13 heavy (non-hydrogen) atoms. The minimum atomic E-state index is 0.874. The SMILES string of the molecule is CCNCCCNCC(CC)CC. The highest BCUT2D eigenvalue weighted by Crippen LogP contribution is 2.04. The van der Waals surface area contributed by atoms with E-state index in [1.807, 2.05) is 0 Å². The molecule has 0 aliphatic heterocycles. The van der Waals surface area contributed by atoms with Crippen LogP contribution in [0.3, 0.4) is 0 Å². The van der Waals surface area contributed by atoms with E-state index in [2.05, 4.69) is 31.4 Å². The van der Waals surface area contributed by atoms with Crippen LogP contribution in [0.2, 0.25) is 0 Å². The van der Waals surface area contributed by atoms with Crippen molar-refractivity contribution >= 4 is 0 Å². The third kappa shape index (κ3) is 8.26. The van der Waals surface area contributed by atoms with Gasteiger partial charge in [0, 0.05) is 0 Å². The standard InChI is InChI=1S/C11H26N2/c1-4-11(5-2)10-13-9-7-8-12-6-3/h11-13H,4-10H2,1-3H3. The van der Waals surface area contributed by atoms with Crippen LogP contribution in [0.5, 0.6) is 0 Å². The summed E-state index contributed by atoms with van der Waals surface area (Å²) < 4.78 is 0. The molecule has 0 aliphatic rings. The molecule has 2 N–H and O–H groups in total. The summed E-state index contributed by atoms with van der Waals surface area (Å²) in [5, 5.41) is 6.83. The second-order valence-corrected chi connectivity index (χ2v) is 3.59. The number of rotatable bonds is 9. The van der Waals surface area contributed by atoms with Crippen LogP contribution in [-0.4, -0.2) is 26.2 Å². The normalized spacial score (nSPS) is 11.1. The first-order valence-electron chi connectivity index (χ1n) is 5.76. The highest BCUT2D eigenvalue weighted by Gasteiger charge is 2.00. The third-order valence-corrected chi connectivity index (χ3v) is 2.54. The zero-order valence-corrected chi connectivity index (χ0v) is 9.53. The van der Waals surface area contributed by atoms with Crippen LogP contribution in [-0.2, 0) is 0 Å². The van der Waals surface area contributed by atoms with Gasteiger partial charge in [-0.2, -0.15) is 0 Å². The molecule has 0 fully saturated rings. The molecule has 0 bridgehead atoms. The molecule has 2 heteroatoms. The number of nitrogens with one attached hydrogen (secondary N) is 2. The largest absolute Gasteiger partial charge is 0.317 e. The summed E-state index contributed by atoms with van der Waals surface area (Å²) >= 11 is 0. The van der Waals surface area contributed by atoms with E-state index in [4.69, 9.17) is 0 Å². The molecule has 0 radical (unpaired) electrons. The van der Waals surface area contributed by atoms with Crippen molar-refractivity contribution in [3.05, 3.63) is 0 Å². The van der Waals surface area contributed by atoms with Gasteiger partial charge in [-0.15, -0.1) is 0 Å². The van der Waals surface area contributed by atoms with Crippen LogP contribution < -0.4 is 10.6 Å². The Kier molecular flexibility index (Phi) is 9.94. The highest BCUT2D eigenvalue weighted by atomic mass is 14.9. The van der Waals surface area contributed by atoms with Crippen molar-refractivity contribution in [2.24, 2.45) is 5.92 Å². The molecular formula is C11H26N2. The molecule has 0 amide bonds. The van der Waals surface area contributed by atoms with E-state index in [0.717, 1.165) is 25.6 Å². The van der Waals surface area contributed by atoms with E-state index in [1.165, 1.54) is 25.8 Å². The molecule has 0 saturated carbocycles. The average Bonchev–Trinajstić information content (AvgIpc) is 2.17. The molecule has 0 unspecified atom stereocenters. The molecule has 0 spiro atoms. The smallest absolute Gasteiger partial charge is 0.00207 e. The fraction of sp³-hybridized carbons (Fsp3) is 1.00. The van der Waals surface area contributed by atoms with Gasteiger partial charge in [0.2, 0.25) is 0 Å². The summed E-state index contributed by atoms with van der Waals surface area (Å²) in [6.07, 6.45) is 3.85. The molecule has 0 aromatic rings. The molecule has 0 aromatic carbocycles. The van der Waals surface area contributed by atoms with Crippen LogP contribution in [0.15, 0.2) is 0 Å². The van der Waals surface area contributed by atoms with Gasteiger partial charge in [0.05, 0.1) is 0 Å². The summed E-state index contributed by atoms with van der Waals surface area (Å²) in [4.78, 5) is 0. The van der Waals surface area contributed by atoms with Crippen molar-refractivity contribution in [2.45, 2.75) is 40.0 Å². The molecule has 0 aromatic heterocycles. The second kappa shape index (κ2) is 10.0. The lowest BCUT2D eigenvalue weighted by Crippen LogP contribution is -2.26. The molecule has 0 saturated heterocycles. The molecule has 2 nitrogen and oxygen atoms in total. The van der Waals surface area contributed by atoms with E-state index in [1.54, 1.807) is 0 Å². The Bertz CT molecular complexity index is 90.1. The van der Waals surface area contributed by atoms with Crippen LogP contribution in [0.25, 0.3) is 0 Å². The number of hydrogen-bond donors (Lipinski definition) is 2. The summed E-state index contributed by atoms with van der Waals surface area (Å²) in [7, 11) is 0. The van der Waals surface area contributed by atoms with Crippen molar-refractivity contribution in [1.82, 2.24) is 10.6 Å². The summed E-state index contributed by atoms with van der Waals surface area (Å²) in [6, 6.07) is 0. The van der Waals surface area contributed by atoms with Gasteiger partial charge in [0.1, 0.15) is 0 Å². The zero-order chi connectivity index (χ0) is 9.94. The van der Waals surface area contributed by atoms with Gasteiger partial charge in [-0.1, -0.05) is 33.6 Å². The lowest BCUT2D eigenvalue weighted by molar-refractivity contribution is 0.446. The first-order valence-corrected chi connectivity index (χ1v) is 5.76. The molecule has 0 aliphatic carbocycles. The van der Waals surface area contributed by atoms with E-state index in [9.17, 15) is 0 Å². The Morgan fingerprint density at radius 1 is 0.923 bits per heavy atom.